The molecule has 0 spiro atoms. The second-order valence-corrected chi connectivity index (χ2v) is 5.91. The maximum Gasteiger partial charge on any atom is 0.269 e. The number of aromatic amines is 1. The lowest BCUT2D eigenvalue weighted by Gasteiger charge is -2.24. The molecule has 0 amide bonds. The van der Waals surface area contributed by atoms with Crippen LogP contribution in [0.25, 0.3) is 10.9 Å². The Kier molecular flexibility index (Phi) is 3.46. The van der Waals surface area contributed by atoms with E-state index >= 15 is 0 Å². The quantitative estimate of drug-likeness (QED) is 0.572. The third kappa shape index (κ3) is 2.32. The van der Waals surface area contributed by atoms with Gasteiger partial charge in [0.25, 0.3) is 5.69 Å². The number of nitro benzene ring substituents is 1. The highest BCUT2D eigenvalue weighted by Crippen LogP contribution is 2.35. The fraction of sp³-hybridized carbons (Fsp3) is 0.222. The van der Waals surface area contributed by atoms with E-state index in [1.54, 1.807) is 19.2 Å². The maximum atomic E-state index is 10.8. The molecular formula is C18H17N3O3. The molecule has 122 valence electrons. The maximum absolute atomic E-state index is 10.8. The molecule has 0 radical (unpaired) electrons. The zero-order valence-electron chi connectivity index (χ0n) is 13.2. The molecular weight excluding hydrogens is 306 g/mol. The Hall–Kier alpha value is -2.86. The van der Waals surface area contributed by atoms with Crippen molar-refractivity contribution in [2.24, 2.45) is 0 Å². The Balaban J connectivity index is 1.79. The van der Waals surface area contributed by atoms with Crippen LogP contribution in [0.4, 0.5) is 5.69 Å². The Morgan fingerprint density at radius 3 is 2.71 bits per heavy atom. The number of ether oxygens (including phenoxy) is 1. The van der Waals surface area contributed by atoms with E-state index in [2.05, 4.69) is 16.4 Å². The van der Waals surface area contributed by atoms with Gasteiger partial charge in [0.15, 0.2) is 0 Å². The van der Waals surface area contributed by atoms with Crippen LogP contribution in [0.1, 0.15) is 22.9 Å². The fourth-order valence-electron chi connectivity index (χ4n) is 3.41. The number of aromatic nitrogens is 1. The molecule has 0 bridgehead atoms. The molecule has 3 aromatic rings. The summed E-state index contributed by atoms with van der Waals surface area (Å²) in [5.41, 5.74) is 4.61. The zero-order chi connectivity index (χ0) is 16.7. The summed E-state index contributed by atoms with van der Waals surface area (Å²) in [5, 5.41) is 15.5. The van der Waals surface area contributed by atoms with Crippen LogP contribution in [-0.2, 0) is 6.42 Å². The lowest BCUT2D eigenvalue weighted by Crippen LogP contribution is -2.30. The van der Waals surface area contributed by atoms with Crippen LogP contribution in [0.5, 0.6) is 5.75 Å². The van der Waals surface area contributed by atoms with Crippen molar-refractivity contribution in [2.75, 3.05) is 13.7 Å². The van der Waals surface area contributed by atoms with E-state index in [4.69, 9.17) is 4.74 Å². The molecule has 2 heterocycles. The van der Waals surface area contributed by atoms with E-state index in [9.17, 15) is 10.1 Å². The molecule has 1 atom stereocenters. The van der Waals surface area contributed by atoms with Crippen LogP contribution in [0.15, 0.2) is 42.5 Å². The topological polar surface area (TPSA) is 80.2 Å². The van der Waals surface area contributed by atoms with E-state index in [0.29, 0.717) is 0 Å². The van der Waals surface area contributed by atoms with Gasteiger partial charge in [0, 0.05) is 35.3 Å². The number of fused-ring (bicyclic) bond motifs is 3. The van der Waals surface area contributed by atoms with E-state index < -0.39 is 0 Å². The monoisotopic (exact) mass is 323 g/mol. The third-order valence-electron chi connectivity index (χ3n) is 4.60. The molecule has 0 saturated heterocycles. The number of hydrogen-bond acceptors (Lipinski definition) is 4. The van der Waals surface area contributed by atoms with Crippen molar-refractivity contribution >= 4 is 16.6 Å². The Morgan fingerprint density at radius 1 is 1.21 bits per heavy atom. The minimum Gasteiger partial charge on any atom is -0.497 e. The molecule has 0 unspecified atom stereocenters. The lowest BCUT2D eigenvalue weighted by atomic mass is 9.94. The predicted octanol–water partition coefficient (Wildman–Crippen LogP) is 3.32. The summed E-state index contributed by atoms with van der Waals surface area (Å²) in [6, 6.07) is 12.8. The second kappa shape index (κ2) is 5.65. The summed E-state index contributed by atoms with van der Waals surface area (Å²) in [4.78, 5) is 14.0. The van der Waals surface area contributed by atoms with E-state index in [1.165, 1.54) is 10.9 Å². The van der Waals surface area contributed by atoms with Crippen molar-refractivity contribution in [2.45, 2.75) is 12.5 Å². The van der Waals surface area contributed by atoms with Gasteiger partial charge < -0.3 is 15.0 Å². The second-order valence-electron chi connectivity index (χ2n) is 5.91. The number of hydrogen-bond donors (Lipinski definition) is 2. The molecule has 4 rings (SSSR count). The predicted molar refractivity (Wildman–Crippen MR) is 91.5 cm³/mol. The van der Waals surface area contributed by atoms with Crippen LogP contribution in [0.3, 0.4) is 0 Å². The van der Waals surface area contributed by atoms with Gasteiger partial charge in [-0.05, 0) is 35.7 Å². The number of nitrogens with one attached hydrogen (secondary N) is 2. The van der Waals surface area contributed by atoms with Gasteiger partial charge in [0.1, 0.15) is 5.75 Å². The van der Waals surface area contributed by atoms with Gasteiger partial charge >= 0.3 is 0 Å². The van der Waals surface area contributed by atoms with Crippen LogP contribution < -0.4 is 10.1 Å². The molecule has 1 aliphatic heterocycles. The van der Waals surface area contributed by atoms with Crippen LogP contribution >= 0.6 is 0 Å². The van der Waals surface area contributed by atoms with Gasteiger partial charge in [-0.2, -0.15) is 0 Å². The van der Waals surface area contributed by atoms with E-state index in [1.807, 2.05) is 24.3 Å². The van der Waals surface area contributed by atoms with Crippen LogP contribution in [-0.4, -0.2) is 23.6 Å². The summed E-state index contributed by atoms with van der Waals surface area (Å²) >= 11 is 0. The molecule has 6 heteroatoms. The third-order valence-corrected chi connectivity index (χ3v) is 4.60. The van der Waals surface area contributed by atoms with Gasteiger partial charge in [-0.25, -0.2) is 0 Å². The molecule has 2 aromatic carbocycles. The molecule has 24 heavy (non-hydrogen) atoms. The largest absolute Gasteiger partial charge is 0.497 e. The number of non-ortho nitro benzene ring substituents is 1. The molecule has 0 fully saturated rings. The Morgan fingerprint density at radius 2 is 2.00 bits per heavy atom. The minimum atomic E-state index is -0.376. The molecule has 0 saturated carbocycles. The normalized spacial score (nSPS) is 16.8. The SMILES string of the molecule is COc1ccc2[nH]c3c(c2c1)CCN[C@@H]3c1ccc([N+](=O)[O-])cc1. The smallest absolute Gasteiger partial charge is 0.269 e. The van der Waals surface area contributed by atoms with Crippen molar-refractivity contribution in [1.29, 1.82) is 0 Å². The van der Waals surface area contributed by atoms with Gasteiger partial charge in [-0.15, -0.1) is 0 Å². The Bertz CT molecular complexity index is 915. The first kappa shape index (κ1) is 14.7. The van der Waals surface area contributed by atoms with Gasteiger partial charge in [0.05, 0.1) is 18.1 Å². The van der Waals surface area contributed by atoms with Crippen molar-refractivity contribution in [1.82, 2.24) is 10.3 Å². The Labute approximate surface area is 138 Å². The molecule has 1 aliphatic rings. The highest BCUT2D eigenvalue weighted by atomic mass is 16.6. The van der Waals surface area contributed by atoms with Crippen molar-refractivity contribution < 1.29 is 9.66 Å². The van der Waals surface area contributed by atoms with Crippen molar-refractivity contribution in [3.05, 3.63) is 69.4 Å². The zero-order valence-corrected chi connectivity index (χ0v) is 13.2. The summed E-state index contributed by atoms with van der Waals surface area (Å²) in [7, 11) is 1.67. The van der Waals surface area contributed by atoms with Crippen LogP contribution in [0.2, 0.25) is 0 Å². The number of rotatable bonds is 3. The fourth-order valence-corrected chi connectivity index (χ4v) is 3.41. The summed E-state index contributed by atoms with van der Waals surface area (Å²) in [6.07, 6.45) is 0.936. The average molecular weight is 323 g/mol. The first-order valence-corrected chi connectivity index (χ1v) is 7.83. The van der Waals surface area contributed by atoms with Crippen molar-refractivity contribution in [3.63, 3.8) is 0 Å². The molecule has 0 aliphatic carbocycles. The van der Waals surface area contributed by atoms with E-state index in [0.717, 1.165) is 35.5 Å². The number of H-pyrrole nitrogens is 1. The van der Waals surface area contributed by atoms with Crippen molar-refractivity contribution in [3.8, 4) is 5.75 Å². The molecule has 6 nitrogen and oxygen atoms in total. The summed E-state index contributed by atoms with van der Waals surface area (Å²) in [6.45, 7) is 0.860. The van der Waals surface area contributed by atoms with Crippen LogP contribution in [0, 0.1) is 10.1 Å². The highest BCUT2D eigenvalue weighted by molar-refractivity contribution is 5.86. The molecule has 2 N–H and O–H groups in total. The number of benzene rings is 2. The average Bonchev–Trinajstić information content (AvgIpc) is 2.99. The summed E-state index contributed by atoms with van der Waals surface area (Å²) in [5.74, 6) is 0.842. The number of nitro groups is 1. The van der Waals surface area contributed by atoms with Gasteiger partial charge in [0.2, 0.25) is 0 Å². The van der Waals surface area contributed by atoms with Gasteiger partial charge in [-0.3, -0.25) is 10.1 Å². The number of nitrogens with zero attached hydrogens (tertiary/aromatic N) is 1. The number of methoxy groups -OCH3 is 1. The van der Waals surface area contributed by atoms with Gasteiger partial charge in [-0.1, -0.05) is 12.1 Å². The minimum absolute atomic E-state index is 0.00736. The first-order chi connectivity index (χ1) is 11.7. The molecule has 1 aromatic heterocycles. The standard InChI is InChI=1S/C18H17N3O3/c1-24-13-6-7-16-15(10-13)14-8-9-19-17(18(14)20-16)11-2-4-12(5-3-11)21(22)23/h2-7,10,17,19-20H,8-9H2,1H3/t17-/m1/s1. The van der Waals surface area contributed by atoms with E-state index in [-0.39, 0.29) is 16.7 Å². The summed E-state index contributed by atoms with van der Waals surface area (Å²) < 4.78 is 5.34. The lowest BCUT2D eigenvalue weighted by molar-refractivity contribution is -0.384. The first-order valence-electron chi connectivity index (χ1n) is 7.83. The highest BCUT2D eigenvalue weighted by Gasteiger charge is 2.25.